The van der Waals surface area contributed by atoms with Gasteiger partial charge in [-0.15, -0.1) is 0 Å². The predicted molar refractivity (Wildman–Crippen MR) is 224 cm³/mol. The van der Waals surface area contributed by atoms with Crippen molar-refractivity contribution in [3.8, 4) is 27.9 Å². The van der Waals surface area contributed by atoms with Gasteiger partial charge in [0, 0.05) is 33.0 Å². The molecule has 0 spiro atoms. The van der Waals surface area contributed by atoms with Crippen LogP contribution in [-0.4, -0.2) is 16.2 Å². The summed E-state index contributed by atoms with van der Waals surface area (Å²) in [7, 11) is 0. The molecule has 0 saturated carbocycles. The highest BCUT2D eigenvalue weighted by molar-refractivity contribution is 6.14. The molecule has 2 N–H and O–H groups in total. The Hall–Kier alpha value is -6.85. The maximum Gasteiger partial charge on any atom is 0.263 e. The Morgan fingerprint density at radius 1 is 0.630 bits per heavy atom. The summed E-state index contributed by atoms with van der Waals surface area (Å²) in [6, 6.07) is 57.4. The lowest BCUT2D eigenvalue weighted by molar-refractivity contribution is 0.660. The number of nitrogens with zero attached hydrogens (tertiary/aromatic N) is 3. The fourth-order valence-electron chi connectivity index (χ4n) is 7.99. The lowest BCUT2D eigenvalue weighted by atomic mass is 9.82. The second-order valence-corrected chi connectivity index (χ2v) is 14.4. The number of fused-ring (bicyclic) bond motifs is 6. The van der Waals surface area contributed by atoms with Gasteiger partial charge in [-0.1, -0.05) is 153 Å². The minimum Gasteiger partial charge on any atom is -0.383 e. The molecule has 0 radical (unpaired) electrons. The van der Waals surface area contributed by atoms with E-state index in [4.69, 9.17) is 15.7 Å². The Morgan fingerprint density at radius 3 is 2.09 bits per heavy atom. The zero-order valence-electron chi connectivity index (χ0n) is 30.2. The van der Waals surface area contributed by atoms with Crippen molar-refractivity contribution in [3.05, 3.63) is 208 Å². The molecule has 0 atom stereocenters. The average Bonchev–Trinajstić information content (AvgIpc) is 3.46. The Balaban J connectivity index is 1.14. The van der Waals surface area contributed by atoms with Gasteiger partial charge in [0.15, 0.2) is 5.84 Å². The lowest BCUT2D eigenvalue weighted by Crippen LogP contribution is -2.19. The molecular formula is C49H38N4O. The van der Waals surface area contributed by atoms with E-state index in [0.29, 0.717) is 23.6 Å². The molecule has 5 nitrogen and oxygen atoms in total. The van der Waals surface area contributed by atoms with E-state index in [0.717, 1.165) is 55.4 Å². The highest BCUT2D eigenvalue weighted by Gasteiger charge is 2.37. The van der Waals surface area contributed by atoms with E-state index >= 15 is 0 Å². The van der Waals surface area contributed by atoms with Gasteiger partial charge in [0.2, 0.25) is 0 Å². The van der Waals surface area contributed by atoms with E-state index in [1.54, 1.807) is 4.57 Å². The van der Waals surface area contributed by atoms with Crippen molar-refractivity contribution in [1.29, 1.82) is 0 Å². The second-order valence-electron chi connectivity index (χ2n) is 14.4. The number of nitrogens with two attached hydrogens (primary N) is 1. The molecule has 0 unspecified atom stereocenters. The number of hydrogen-bond donors (Lipinski definition) is 1. The van der Waals surface area contributed by atoms with Crippen LogP contribution in [0.1, 0.15) is 41.7 Å². The van der Waals surface area contributed by atoms with Crippen molar-refractivity contribution in [2.45, 2.75) is 25.8 Å². The Morgan fingerprint density at radius 2 is 1.28 bits per heavy atom. The standard InChI is InChI=1S/C49H38N4O/c1-49(2)42-23-10-8-21-40(42)45-41(22-13-24-43(45)49)47(52-46(50)35-17-12-16-34(30-35)33-14-4-3-5-15-33)51-31-32-26-28-36(29-27-32)53-44-25-11-9-19-38(44)37-18-6-7-20-39(37)48(53)54/h3-30H,31H2,1-2H3,(H2,50,51,52). The smallest absolute Gasteiger partial charge is 0.263 e. The normalized spacial score (nSPS) is 13.6. The van der Waals surface area contributed by atoms with Crippen molar-refractivity contribution < 1.29 is 0 Å². The third-order valence-electron chi connectivity index (χ3n) is 10.7. The number of aliphatic imine (C=N–C) groups is 2. The van der Waals surface area contributed by atoms with E-state index in [9.17, 15) is 4.79 Å². The third-order valence-corrected chi connectivity index (χ3v) is 10.7. The van der Waals surface area contributed by atoms with Crippen molar-refractivity contribution in [3.63, 3.8) is 0 Å². The van der Waals surface area contributed by atoms with Crippen LogP contribution in [-0.2, 0) is 12.0 Å². The van der Waals surface area contributed by atoms with Crippen molar-refractivity contribution in [2.24, 2.45) is 15.7 Å². The summed E-state index contributed by atoms with van der Waals surface area (Å²) >= 11 is 0. The molecule has 0 bridgehead atoms. The van der Waals surface area contributed by atoms with Crippen molar-refractivity contribution in [1.82, 2.24) is 4.57 Å². The van der Waals surface area contributed by atoms with Crippen molar-refractivity contribution in [2.75, 3.05) is 0 Å². The fourth-order valence-corrected chi connectivity index (χ4v) is 7.99. The molecule has 1 aliphatic rings. The van der Waals surface area contributed by atoms with Crippen LogP contribution in [0, 0.1) is 0 Å². The zero-order chi connectivity index (χ0) is 36.8. The molecule has 0 amide bonds. The number of hydrogen-bond acceptors (Lipinski definition) is 2. The monoisotopic (exact) mass is 698 g/mol. The Bertz CT molecular complexity index is 2850. The average molecular weight is 699 g/mol. The van der Waals surface area contributed by atoms with Crippen LogP contribution in [0.4, 0.5) is 0 Å². The predicted octanol–water partition coefficient (Wildman–Crippen LogP) is 10.5. The van der Waals surface area contributed by atoms with E-state index in [2.05, 4.69) is 86.6 Å². The van der Waals surface area contributed by atoms with Crippen LogP contribution in [0.2, 0.25) is 0 Å². The van der Waals surface area contributed by atoms with Gasteiger partial charge in [-0.3, -0.25) is 14.4 Å². The lowest BCUT2D eigenvalue weighted by Gasteiger charge is -2.21. The molecule has 1 aromatic heterocycles. The van der Waals surface area contributed by atoms with Crippen LogP contribution in [0.15, 0.2) is 185 Å². The van der Waals surface area contributed by atoms with Crippen LogP contribution in [0.5, 0.6) is 0 Å². The first-order chi connectivity index (χ1) is 26.4. The SMILES string of the molecule is CC1(C)c2ccccc2-c2c(C(N=C(N)c3cccc(-c4ccccc4)c3)=NCc3ccc(-n4c(=O)c5ccccc5c5ccccc54)cc3)cccc21. The number of rotatable bonds is 6. The number of amidine groups is 2. The topological polar surface area (TPSA) is 72.7 Å². The van der Waals surface area contributed by atoms with Gasteiger partial charge in [0.1, 0.15) is 5.84 Å². The molecule has 1 heterocycles. The van der Waals surface area contributed by atoms with Gasteiger partial charge in [-0.05, 0) is 74.7 Å². The summed E-state index contributed by atoms with van der Waals surface area (Å²) in [6.45, 7) is 4.92. The van der Waals surface area contributed by atoms with E-state index in [-0.39, 0.29) is 11.0 Å². The van der Waals surface area contributed by atoms with Gasteiger partial charge in [0.05, 0.1) is 12.1 Å². The Kier molecular flexibility index (Phi) is 8.12. The maximum atomic E-state index is 13.9. The molecular weight excluding hydrogens is 661 g/mol. The van der Waals surface area contributed by atoms with Crippen LogP contribution in [0.3, 0.4) is 0 Å². The molecule has 5 heteroatoms. The molecule has 8 aromatic rings. The van der Waals surface area contributed by atoms with Gasteiger partial charge >= 0.3 is 0 Å². The van der Waals surface area contributed by atoms with Crippen LogP contribution in [0.25, 0.3) is 49.6 Å². The summed E-state index contributed by atoms with van der Waals surface area (Å²) in [5.74, 6) is 0.968. The minimum atomic E-state index is -0.173. The Labute approximate surface area is 314 Å². The molecule has 260 valence electrons. The molecule has 0 fully saturated rings. The minimum absolute atomic E-state index is 0.0420. The molecule has 0 saturated heterocycles. The number of para-hydroxylation sites is 1. The van der Waals surface area contributed by atoms with Gasteiger partial charge in [0.25, 0.3) is 5.56 Å². The van der Waals surface area contributed by atoms with E-state index in [1.165, 1.54) is 16.7 Å². The quantitative estimate of drug-likeness (QED) is 0.107. The first-order valence-electron chi connectivity index (χ1n) is 18.3. The van der Waals surface area contributed by atoms with E-state index in [1.807, 2.05) is 97.1 Å². The first-order valence-corrected chi connectivity index (χ1v) is 18.3. The van der Waals surface area contributed by atoms with Gasteiger partial charge in [-0.25, -0.2) is 4.99 Å². The molecule has 9 rings (SSSR count). The highest BCUT2D eigenvalue weighted by atomic mass is 16.1. The van der Waals surface area contributed by atoms with Gasteiger partial charge < -0.3 is 5.73 Å². The van der Waals surface area contributed by atoms with Crippen molar-refractivity contribution >= 4 is 33.3 Å². The second kappa shape index (κ2) is 13.3. The summed E-state index contributed by atoms with van der Waals surface area (Å²) in [5, 5.41) is 2.69. The number of benzene rings is 7. The number of pyridine rings is 1. The number of aromatic nitrogens is 1. The fraction of sp³-hybridized carbons (Fsp3) is 0.0816. The molecule has 7 aromatic carbocycles. The largest absolute Gasteiger partial charge is 0.383 e. The molecule has 1 aliphatic carbocycles. The highest BCUT2D eigenvalue weighted by Crippen LogP contribution is 2.50. The van der Waals surface area contributed by atoms with Crippen LogP contribution < -0.4 is 11.3 Å². The molecule has 0 aliphatic heterocycles. The first kappa shape index (κ1) is 33.0. The van der Waals surface area contributed by atoms with Crippen LogP contribution >= 0.6 is 0 Å². The summed E-state index contributed by atoms with van der Waals surface area (Å²) < 4.78 is 1.80. The van der Waals surface area contributed by atoms with Gasteiger partial charge in [-0.2, -0.15) is 0 Å². The van der Waals surface area contributed by atoms with E-state index < -0.39 is 0 Å². The summed E-state index contributed by atoms with van der Waals surface area (Å²) in [5.41, 5.74) is 18.1. The third kappa shape index (κ3) is 5.62. The molecule has 54 heavy (non-hydrogen) atoms. The zero-order valence-corrected chi connectivity index (χ0v) is 30.2. The summed E-state index contributed by atoms with van der Waals surface area (Å²) in [4.78, 5) is 24.2. The summed E-state index contributed by atoms with van der Waals surface area (Å²) in [6.07, 6.45) is 0. The maximum absolute atomic E-state index is 13.9.